The molecule has 2 rings (SSSR count). The monoisotopic (exact) mass is 244 g/mol. The maximum absolute atomic E-state index is 11.6. The number of aliphatic hydroxyl groups excluding tert-OH is 1. The topological polar surface area (TPSA) is 89.9 Å². The lowest BCUT2D eigenvalue weighted by molar-refractivity contribution is -0.153. The first-order chi connectivity index (χ1) is 7.61. The molecule has 0 unspecified atom stereocenters. The fourth-order valence-corrected chi connectivity index (χ4v) is 3.41. The van der Waals surface area contributed by atoms with Gasteiger partial charge in [-0.3, -0.25) is 9.69 Å². The Labute approximate surface area is 96.3 Å². The normalized spacial score (nSPS) is 28.1. The van der Waals surface area contributed by atoms with Crippen molar-refractivity contribution in [2.24, 2.45) is 5.92 Å². The van der Waals surface area contributed by atoms with E-state index in [4.69, 9.17) is 10.2 Å². The zero-order valence-corrected chi connectivity index (χ0v) is 9.45. The van der Waals surface area contributed by atoms with Crippen LogP contribution in [0.2, 0.25) is 0 Å². The van der Waals surface area contributed by atoms with Crippen LogP contribution in [0.1, 0.15) is 0 Å². The molecule has 16 heavy (non-hydrogen) atoms. The highest BCUT2D eigenvalue weighted by Crippen LogP contribution is 2.48. The number of hydrogen-bond donors (Lipinski definition) is 3. The SMILES string of the molecule is CNCC1=C(C(=O)O)N2C(=O)[C@H](CO)[C@H]2S1. The molecule has 0 aromatic rings. The highest BCUT2D eigenvalue weighted by molar-refractivity contribution is 8.04. The van der Waals surface area contributed by atoms with Crippen molar-refractivity contribution >= 4 is 23.6 Å². The van der Waals surface area contributed by atoms with Crippen LogP contribution in [0.15, 0.2) is 10.6 Å². The summed E-state index contributed by atoms with van der Waals surface area (Å²) in [6.45, 7) is 0.192. The van der Waals surface area contributed by atoms with Gasteiger partial charge in [0.25, 0.3) is 0 Å². The molecule has 0 aliphatic carbocycles. The molecule has 0 spiro atoms. The number of fused-ring (bicyclic) bond motifs is 1. The zero-order valence-electron chi connectivity index (χ0n) is 8.64. The quantitative estimate of drug-likeness (QED) is 0.551. The highest BCUT2D eigenvalue weighted by atomic mass is 32.2. The molecule has 0 aromatic heterocycles. The molecule has 1 fully saturated rings. The summed E-state index contributed by atoms with van der Waals surface area (Å²) in [7, 11) is 1.72. The molecule has 2 atom stereocenters. The number of likely N-dealkylation sites (N-methyl/N-ethyl adjacent to an activating group) is 1. The van der Waals surface area contributed by atoms with Crippen LogP contribution >= 0.6 is 11.8 Å². The summed E-state index contributed by atoms with van der Waals surface area (Å²) in [5.74, 6) is -1.86. The third kappa shape index (κ3) is 1.43. The molecule has 2 aliphatic rings. The van der Waals surface area contributed by atoms with Crippen molar-refractivity contribution in [3.05, 3.63) is 10.6 Å². The van der Waals surface area contributed by atoms with E-state index in [1.165, 1.54) is 16.7 Å². The number of thioether (sulfide) groups is 1. The third-order valence-corrected chi connectivity index (χ3v) is 4.06. The predicted molar refractivity (Wildman–Crippen MR) is 57.4 cm³/mol. The second kappa shape index (κ2) is 4.08. The van der Waals surface area contributed by atoms with Crippen LogP contribution < -0.4 is 5.32 Å². The lowest BCUT2D eigenvalue weighted by Gasteiger charge is -2.41. The molecule has 0 saturated carbocycles. The van der Waals surface area contributed by atoms with Crippen molar-refractivity contribution in [2.45, 2.75) is 5.37 Å². The first-order valence-corrected chi connectivity index (χ1v) is 5.71. The maximum atomic E-state index is 11.6. The van der Waals surface area contributed by atoms with E-state index in [-0.39, 0.29) is 23.6 Å². The smallest absolute Gasteiger partial charge is 0.353 e. The van der Waals surface area contributed by atoms with E-state index in [9.17, 15) is 9.59 Å². The van der Waals surface area contributed by atoms with Crippen LogP contribution in [-0.2, 0) is 9.59 Å². The molecule has 0 bridgehead atoms. The summed E-state index contributed by atoms with van der Waals surface area (Å²) in [5, 5.41) is 20.7. The van der Waals surface area contributed by atoms with E-state index in [0.717, 1.165) is 0 Å². The predicted octanol–water partition coefficient (Wildman–Crippen LogP) is -0.974. The fraction of sp³-hybridized carbons (Fsp3) is 0.556. The molecular formula is C9H12N2O4S. The van der Waals surface area contributed by atoms with Crippen molar-refractivity contribution in [1.82, 2.24) is 10.2 Å². The number of carboxylic acids is 1. The second-order valence-corrected chi connectivity index (χ2v) is 4.82. The maximum Gasteiger partial charge on any atom is 0.353 e. The van der Waals surface area contributed by atoms with Gasteiger partial charge in [-0.15, -0.1) is 11.8 Å². The number of carbonyl (C=O) groups excluding carboxylic acids is 1. The lowest BCUT2D eigenvalue weighted by atomic mass is 9.98. The van der Waals surface area contributed by atoms with Gasteiger partial charge in [-0.25, -0.2) is 4.79 Å². The van der Waals surface area contributed by atoms with Crippen molar-refractivity contribution < 1.29 is 19.8 Å². The largest absolute Gasteiger partial charge is 0.477 e. The molecule has 7 heteroatoms. The van der Waals surface area contributed by atoms with Gasteiger partial charge in [0.15, 0.2) is 0 Å². The van der Waals surface area contributed by atoms with Crippen molar-refractivity contribution in [1.29, 1.82) is 0 Å². The summed E-state index contributed by atoms with van der Waals surface area (Å²) in [6, 6.07) is 0. The van der Waals surface area contributed by atoms with Crippen molar-refractivity contribution in [3.8, 4) is 0 Å². The minimum atomic E-state index is -1.09. The van der Waals surface area contributed by atoms with Gasteiger partial charge in [-0.2, -0.15) is 0 Å². The van der Waals surface area contributed by atoms with E-state index >= 15 is 0 Å². The third-order valence-electron chi connectivity index (χ3n) is 2.66. The summed E-state index contributed by atoms with van der Waals surface area (Å²) in [5.41, 5.74) is 0.0547. The van der Waals surface area contributed by atoms with E-state index in [0.29, 0.717) is 11.4 Å². The number of aliphatic hydroxyl groups is 1. The zero-order chi connectivity index (χ0) is 11.9. The Bertz CT molecular complexity index is 382. The van der Waals surface area contributed by atoms with Crippen LogP contribution in [-0.4, -0.2) is 52.6 Å². The van der Waals surface area contributed by atoms with Gasteiger partial charge >= 0.3 is 5.97 Å². The molecule has 6 nitrogen and oxygen atoms in total. The molecule has 3 N–H and O–H groups in total. The van der Waals surface area contributed by atoms with E-state index in [1.54, 1.807) is 7.05 Å². The fourth-order valence-electron chi connectivity index (χ4n) is 1.91. The second-order valence-electron chi connectivity index (χ2n) is 3.61. The minimum Gasteiger partial charge on any atom is -0.477 e. The van der Waals surface area contributed by atoms with Crippen LogP contribution in [0.3, 0.4) is 0 Å². The van der Waals surface area contributed by atoms with Gasteiger partial charge < -0.3 is 15.5 Å². The van der Waals surface area contributed by atoms with Gasteiger partial charge in [0.1, 0.15) is 11.1 Å². The van der Waals surface area contributed by atoms with Crippen LogP contribution in [0.4, 0.5) is 0 Å². The Morgan fingerprint density at radius 2 is 2.31 bits per heavy atom. The van der Waals surface area contributed by atoms with Crippen molar-refractivity contribution in [2.75, 3.05) is 20.2 Å². The Morgan fingerprint density at radius 1 is 1.62 bits per heavy atom. The number of nitrogens with zero attached hydrogens (tertiary/aromatic N) is 1. The lowest BCUT2D eigenvalue weighted by Crippen LogP contribution is -2.58. The molecule has 1 amide bonds. The summed E-state index contributed by atoms with van der Waals surface area (Å²) in [6.07, 6.45) is 0. The number of carbonyl (C=O) groups is 2. The van der Waals surface area contributed by atoms with E-state index in [2.05, 4.69) is 5.32 Å². The number of nitrogens with one attached hydrogen (secondary N) is 1. The molecule has 88 valence electrons. The molecular weight excluding hydrogens is 232 g/mol. The number of amides is 1. The minimum absolute atomic E-state index is 0.0547. The first kappa shape index (κ1) is 11.4. The van der Waals surface area contributed by atoms with Crippen LogP contribution in [0, 0.1) is 5.92 Å². The summed E-state index contributed by atoms with van der Waals surface area (Å²) < 4.78 is 0. The van der Waals surface area contributed by atoms with Gasteiger partial charge in [-0.05, 0) is 7.05 Å². The number of rotatable bonds is 4. The van der Waals surface area contributed by atoms with Crippen molar-refractivity contribution in [3.63, 3.8) is 0 Å². The van der Waals surface area contributed by atoms with E-state index in [1.807, 2.05) is 0 Å². The van der Waals surface area contributed by atoms with Crippen LogP contribution in [0.5, 0.6) is 0 Å². The number of aliphatic carboxylic acids is 1. The molecule has 1 saturated heterocycles. The Morgan fingerprint density at radius 3 is 2.81 bits per heavy atom. The van der Waals surface area contributed by atoms with Gasteiger partial charge in [-0.1, -0.05) is 0 Å². The Kier molecular flexibility index (Phi) is 2.92. The van der Waals surface area contributed by atoms with E-state index < -0.39 is 11.9 Å². The highest BCUT2D eigenvalue weighted by Gasteiger charge is 2.55. The van der Waals surface area contributed by atoms with Crippen LogP contribution in [0.25, 0.3) is 0 Å². The van der Waals surface area contributed by atoms with Gasteiger partial charge in [0, 0.05) is 11.4 Å². The van der Waals surface area contributed by atoms with Gasteiger partial charge in [0.05, 0.1) is 12.5 Å². The number of β-lactam (4-membered cyclic amide) rings is 1. The number of hydrogen-bond acceptors (Lipinski definition) is 5. The Hall–Kier alpha value is -1.05. The molecule has 2 aliphatic heterocycles. The summed E-state index contributed by atoms with van der Waals surface area (Å²) >= 11 is 1.34. The number of carboxylic acid groups (broad SMARTS) is 1. The van der Waals surface area contributed by atoms with Gasteiger partial charge in [0.2, 0.25) is 5.91 Å². The average Bonchev–Trinajstić information content (AvgIpc) is 2.55. The Balaban J connectivity index is 2.26. The standard InChI is InChI=1S/C9H12N2O4S/c1-10-2-5-6(9(14)15)11-7(13)4(3-12)8(11)16-5/h4,8,10,12H,2-3H2,1H3,(H,14,15)/t4-,8+/m0/s1. The molecule has 0 aromatic carbocycles. The summed E-state index contributed by atoms with van der Waals surface area (Å²) in [4.78, 5) is 24.5. The molecule has 2 heterocycles. The first-order valence-electron chi connectivity index (χ1n) is 4.83. The average molecular weight is 244 g/mol. The molecule has 0 radical (unpaired) electrons.